The van der Waals surface area contributed by atoms with Gasteiger partial charge in [-0.2, -0.15) is 0 Å². The summed E-state index contributed by atoms with van der Waals surface area (Å²) in [5.41, 5.74) is 3.64. The minimum atomic E-state index is 0.667. The van der Waals surface area contributed by atoms with Gasteiger partial charge in [0.2, 0.25) is 0 Å². The standard InChI is InChI=1S/C12H11O/c1-10-4-2-3-5-12(10)11-6-8-13-9-7-11/h2-3,5-8H,9H2,1H3. The van der Waals surface area contributed by atoms with Crippen LogP contribution in [0.5, 0.6) is 0 Å². The summed E-state index contributed by atoms with van der Waals surface area (Å²) in [6.45, 7) is 2.74. The van der Waals surface area contributed by atoms with Crippen LogP contribution in [0.4, 0.5) is 0 Å². The van der Waals surface area contributed by atoms with Crippen LogP contribution < -0.4 is 0 Å². The Kier molecular flexibility index (Phi) is 2.17. The van der Waals surface area contributed by atoms with Crippen molar-refractivity contribution in [3.63, 3.8) is 0 Å². The maximum absolute atomic E-state index is 5.09. The van der Waals surface area contributed by atoms with E-state index in [1.165, 1.54) is 16.7 Å². The molecule has 1 radical (unpaired) electrons. The first kappa shape index (κ1) is 8.11. The molecule has 2 rings (SSSR count). The number of hydrogen-bond donors (Lipinski definition) is 0. The van der Waals surface area contributed by atoms with E-state index in [4.69, 9.17) is 4.74 Å². The van der Waals surface area contributed by atoms with Gasteiger partial charge in [0.25, 0.3) is 0 Å². The topological polar surface area (TPSA) is 9.23 Å². The first-order valence-corrected chi connectivity index (χ1v) is 4.34. The predicted octanol–water partition coefficient (Wildman–Crippen LogP) is 2.72. The molecule has 1 aromatic carbocycles. The van der Waals surface area contributed by atoms with Crippen molar-refractivity contribution in [3.05, 3.63) is 53.8 Å². The summed E-state index contributed by atoms with van der Waals surface area (Å²) in [5, 5.41) is 0. The summed E-state index contributed by atoms with van der Waals surface area (Å²) in [4.78, 5) is 0. The molecule has 13 heavy (non-hydrogen) atoms. The van der Waals surface area contributed by atoms with Crippen LogP contribution >= 0.6 is 0 Å². The molecule has 0 atom stereocenters. The minimum Gasteiger partial charge on any atom is -0.497 e. The van der Waals surface area contributed by atoms with Crippen molar-refractivity contribution in [1.29, 1.82) is 0 Å². The molecule has 0 bridgehead atoms. The highest BCUT2D eigenvalue weighted by Crippen LogP contribution is 2.21. The first-order valence-electron chi connectivity index (χ1n) is 4.34. The highest BCUT2D eigenvalue weighted by atomic mass is 16.5. The molecule has 0 saturated carbocycles. The molecule has 0 fully saturated rings. The Balaban J connectivity index is 2.40. The lowest BCUT2D eigenvalue weighted by Gasteiger charge is -2.10. The zero-order valence-corrected chi connectivity index (χ0v) is 7.58. The van der Waals surface area contributed by atoms with Gasteiger partial charge in [-0.3, -0.25) is 0 Å². The molecule has 0 spiro atoms. The smallest absolute Gasteiger partial charge is 0.106 e. The van der Waals surface area contributed by atoms with Crippen LogP contribution in [0.3, 0.4) is 0 Å². The fourth-order valence-electron chi connectivity index (χ4n) is 1.42. The van der Waals surface area contributed by atoms with Crippen LogP contribution in [-0.4, -0.2) is 6.61 Å². The maximum Gasteiger partial charge on any atom is 0.106 e. The van der Waals surface area contributed by atoms with Crippen LogP contribution in [0, 0.1) is 13.0 Å². The van der Waals surface area contributed by atoms with E-state index >= 15 is 0 Å². The maximum atomic E-state index is 5.09. The molecule has 0 N–H and O–H groups in total. The molecule has 0 amide bonds. The quantitative estimate of drug-likeness (QED) is 0.631. The second kappa shape index (κ2) is 3.48. The molecule has 1 aliphatic heterocycles. The first-order chi connectivity index (χ1) is 6.38. The molecular weight excluding hydrogens is 160 g/mol. The average molecular weight is 171 g/mol. The van der Waals surface area contributed by atoms with Gasteiger partial charge in [-0.05, 0) is 41.8 Å². The van der Waals surface area contributed by atoms with Crippen molar-refractivity contribution < 1.29 is 4.74 Å². The third-order valence-corrected chi connectivity index (χ3v) is 2.12. The van der Waals surface area contributed by atoms with Crippen molar-refractivity contribution in [2.75, 3.05) is 6.61 Å². The summed E-state index contributed by atoms with van der Waals surface area (Å²) < 4.78 is 5.09. The van der Waals surface area contributed by atoms with Gasteiger partial charge >= 0.3 is 0 Å². The lowest BCUT2D eigenvalue weighted by Crippen LogP contribution is -1.93. The van der Waals surface area contributed by atoms with E-state index in [-0.39, 0.29) is 0 Å². The lowest BCUT2D eigenvalue weighted by atomic mass is 10.00. The van der Waals surface area contributed by atoms with Gasteiger partial charge < -0.3 is 4.74 Å². The molecule has 0 aliphatic carbocycles. The van der Waals surface area contributed by atoms with Gasteiger partial charge in [0.15, 0.2) is 0 Å². The number of benzene rings is 1. The third-order valence-electron chi connectivity index (χ3n) is 2.12. The van der Waals surface area contributed by atoms with Crippen molar-refractivity contribution in [2.45, 2.75) is 6.92 Å². The Bertz CT molecular complexity index is 361. The molecule has 0 unspecified atom stereocenters. The van der Waals surface area contributed by atoms with Crippen molar-refractivity contribution in [3.8, 4) is 0 Å². The summed E-state index contributed by atoms with van der Waals surface area (Å²) in [7, 11) is 0. The monoisotopic (exact) mass is 171 g/mol. The Morgan fingerprint density at radius 1 is 1.46 bits per heavy atom. The lowest BCUT2D eigenvalue weighted by molar-refractivity contribution is 0.287. The second-order valence-corrected chi connectivity index (χ2v) is 3.00. The van der Waals surface area contributed by atoms with E-state index in [2.05, 4.69) is 25.1 Å². The molecule has 0 aromatic heterocycles. The summed E-state index contributed by atoms with van der Waals surface area (Å²) in [6.07, 6.45) is 5.80. The Labute approximate surface area is 78.3 Å². The van der Waals surface area contributed by atoms with Gasteiger partial charge in [0.1, 0.15) is 6.61 Å². The van der Waals surface area contributed by atoms with Crippen LogP contribution in [0.15, 0.2) is 36.6 Å². The highest BCUT2D eigenvalue weighted by Gasteiger charge is 2.03. The fraction of sp³-hybridized carbons (Fsp3) is 0.167. The van der Waals surface area contributed by atoms with Crippen LogP contribution in [0.2, 0.25) is 0 Å². The average Bonchev–Trinajstić information content (AvgIpc) is 2.20. The number of rotatable bonds is 1. The fourth-order valence-corrected chi connectivity index (χ4v) is 1.42. The summed E-state index contributed by atoms with van der Waals surface area (Å²) >= 11 is 0. The van der Waals surface area contributed by atoms with Crippen molar-refractivity contribution in [1.82, 2.24) is 0 Å². The van der Waals surface area contributed by atoms with E-state index in [0.717, 1.165) is 0 Å². The van der Waals surface area contributed by atoms with E-state index in [9.17, 15) is 0 Å². The number of ether oxygens (including phenoxy) is 1. The highest BCUT2D eigenvalue weighted by molar-refractivity contribution is 5.76. The molecule has 1 nitrogen and oxygen atoms in total. The molecule has 65 valence electrons. The molecule has 1 heteroatoms. The number of hydrogen-bond acceptors (Lipinski definition) is 1. The molecule has 1 aromatic rings. The van der Waals surface area contributed by atoms with Gasteiger partial charge in [-0.25, -0.2) is 0 Å². The van der Waals surface area contributed by atoms with E-state index in [1.54, 1.807) is 6.26 Å². The summed E-state index contributed by atoms with van der Waals surface area (Å²) in [5.74, 6) is 0. The Hall–Kier alpha value is -1.50. The van der Waals surface area contributed by atoms with E-state index in [0.29, 0.717) is 6.61 Å². The Morgan fingerprint density at radius 3 is 3.08 bits per heavy atom. The molecular formula is C12H11O. The zero-order chi connectivity index (χ0) is 9.10. The van der Waals surface area contributed by atoms with Gasteiger partial charge in [-0.1, -0.05) is 18.2 Å². The van der Waals surface area contributed by atoms with Crippen LogP contribution in [0.1, 0.15) is 11.1 Å². The minimum absolute atomic E-state index is 0.667. The van der Waals surface area contributed by atoms with E-state index < -0.39 is 0 Å². The largest absolute Gasteiger partial charge is 0.497 e. The number of allylic oxidation sites excluding steroid dienone is 2. The number of aryl methyl sites for hydroxylation is 1. The van der Waals surface area contributed by atoms with Crippen molar-refractivity contribution >= 4 is 5.57 Å². The van der Waals surface area contributed by atoms with Crippen LogP contribution in [0.25, 0.3) is 5.57 Å². The van der Waals surface area contributed by atoms with Gasteiger partial charge in [0, 0.05) is 0 Å². The molecule has 1 heterocycles. The SMILES string of the molecule is Cc1[c]cccc1C1=CCOC=C1. The molecule has 1 aliphatic rings. The van der Waals surface area contributed by atoms with E-state index in [1.807, 2.05) is 18.2 Å². The normalized spacial score (nSPS) is 15.0. The third kappa shape index (κ3) is 1.64. The van der Waals surface area contributed by atoms with Gasteiger partial charge in [0.05, 0.1) is 6.26 Å². The van der Waals surface area contributed by atoms with Gasteiger partial charge in [-0.15, -0.1) is 0 Å². The predicted molar refractivity (Wildman–Crippen MR) is 53.1 cm³/mol. The molecule has 0 saturated heterocycles. The Morgan fingerprint density at radius 2 is 2.38 bits per heavy atom. The van der Waals surface area contributed by atoms with Crippen LogP contribution in [-0.2, 0) is 4.74 Å². The second-order valence-electron chi connectivity index (χ2n) is 3.00. The zero-order valence-electron chi connectivity index (χ0n) is 7.58. The summed E-state index contributed by atoms with van der Waals surface area (Å²) in [6, 6.07) is 9.23. The van der Waals surface area contributed by atoms with Crippen molar-refractivity contribution in [2.24, 2.45) is 0 Å².